The maximum Gasteiger partial charge on any atom is 0.246 e. The molecule has 1 aliphatic rings. The molecule has 4 rings (SSSR count). The van der Waals surface area contributed by atoms with Gasteiger partial charge in [0.05, 0.1) is 23.5 Å². The van der Waals surface area contributed by atoms with Crippen molar-refractivity contribution in [2.75, 3.05) is 44.9 Å². The molecule has 11 nitrogen and oxygen atoms in total. The van der Waals surface area contributed by atoms with E-state index in [9.17, 15) is 9.59 Å². The molecule has 1 saturated carbocycles. The number of fused-ring (bicyclic) bond motifs is 1. The number of aryl methyl sites for hydroxylation is 1. The third kappa shape index (κ3) is 8.53. The minimum Gasteiger partial charge on any atom is -0.366 e. The quantitative estimate of drug-likeness (QED) is 0.177. The summed E-state index contributed by atoms with van der Waals surface area (Å²) in [7, 11) is 7.40. The first-order valence-corrected chi connectivity index (χ1v) is 13.9. The van der Waals surface area contributed by atoms with E-state index in [4.69, 9.17) is 4.98 Å². The topological polar surface area (TPSA) is 120 Å². The smallest absolute Gasteiger partial charge is 0.246 e. The van der Waals surface area contributed by atoms with Crippen molar-refractivity contribution >= 4 is 40.2 Å². The number of anilines is 3. The van der Waals surface area contributed by atoms with Crippen molar-refractivity contribution in [2.45, 2.75) is 44.7 Å². The van der Waals surface area contributed by atoms with Crippen molar-refractivity contribution in [2.24, 2.45) is 7.05 Å². The third-order valence-electron chi connectivity index (χ3n) is 6.75. The lowest BCUT2D eigenvalue weighted by molar-refractivity contribution is -0.135. The normalized spacial score (nSPS) is 13.6. The van der Waals surface area contributed by atoms with E-state index >= 15 is 0 Å². The second-order valence-electron chi connectivity index (χ2n) is 10.5. The van der Waals surface area contributed by atoms with Crippen molar-refractivity contribution in [3.8, 4) is 11.8 Å². The van der Waals surface area contributed by atoms with E-state index in [0.717, 1.165) is 35.0 Å². The number of aromatic nitrogens is 4. The van der Waals surface area contributed by atoms with Gasteiger partial charge in [0.15, 0.2) is 0 Å². The highest BCUT2D eigenvalue weighted by atomic mass is 16.2. The molecular formula is C30H39N9O2. The van der Waals surface area contributed by atoms with Gasteiger partial charge in [0.2, 0.25) is 17.8 Å². The van der Waals surface area contributed by atoms with Gasteiger partial charge < -0.3 is 25.8 Å². The van der Waals surface area contributed by atoms with Crippen LogP contribution in [0.25, 0.3) is 10.9 Å². The van der Waals surface area contributed by atoms with Gasteiger partial charge in [0.1, 0.15) is 11.9 Å². The second-order valence-corrected chi connectivity index (χ2v) is 10.5. The number of carbonyl (C=O) groups excluding carboxylic acids is 2. The van der Waals surface area contributed by atoms with Gasteiger partial charge in [-0.05, 0) is 58.5 Å². The first-order valence-electron chi connectivity index (χ1n) is 13.9. The molecule has 1 fully saturated rings. The fraction of sp³-hybridized carbons (Fsp3) is 0.433. The lowest BCUT2D eigenvalue weighted by atomic mass is 10.2. The van der Waals surface area contributed by atoms with Crippen LogP contribution in [0.5, 0.6) is 0 Å². The molecule has 1 aromatic carbocycles. The molecule has 216 valence electrons. The highest BCUT2D eigenvalue weighted by molar-refractivity contribution is 5.92. The Balaban J connectivity index is 1.28. The van der Waals surface area contributed by atoms with Gasteiger partial charge in [-0.25, -0.2) is 4.98 Å². The predicted molar refractivity (Wildman–Crippen MR) is 162 cm³/mol. The number of nitrogens with one attached hydrogen (secondary N) is 3. The summed E-state index contributed by atoms with van der Waals surface area (Å²) in [5, 5.41) is 15.0. The molecule has 11 heteroatoms. The Morgan fingerprint density at radius 1 is 1.22 bits per heavy atom. The molecular weight excluding hydrogens is 518 g/mol. The summed E-state index contributed by atoms with van der Waals surface area (Å²) in [6.45, 7) is 2.86. The molecule has 0 bridgehead atoms. The van der Waals surface area contributed by atoms with Crippen molar-refractivity contribution < 1.29 is 9.59 Å². The summed E-state index contributed by atoms with van der Waals surface area (Å²) in [6.07, 6.45) is 10.4. The van der Waals surface area contributed by atoms with Gasteiger partial charge in [-0.15, -0.1) is 0 Å². The largest absolute Gasteiger partial charge is 0.366 e. The fourth-order valence-corrected chi connectivity index (χ4v) is 3.96. The van der Waals surface area contributed by atoms with E-state index in [1.54, 1.807) is 26.2 Å². The molecule has 0 saturated heterocycles. The zero-order chi connectivity index (χ0) is 29.4. The average Bonchev–Trinajstić information content (AvgIpc) is 3.70. The van der Waals surface area contributed by atoms with E-state index in [1.165, 1.54) is 11.0 Å². The number of hydrogen-bond acceptors (Lipinski definition) is 8. The molecule has 0 aliphatic heterocycles. The summed E-state index contributed by atoms with van der Waals surface area (Å²) in [5.41, 5.74) is 2.64. The number of nitrogens with zero attached hydrogens (tertiary/aromatic N) is 6. The monoisotopic (exact) mass is 557 g/mol. The van der Waals surface area contributed by atoms with Crippen molar-refractivity contribution in [3.05, 3.63) is 48.3 Å². The number of hydrogen-bond donors (Lipinski definition) is 3. The highest BCUT2D eigenvalue weighted by Crippen LogP contribution is 2.27. The Hall–Kier alpha value is -4.43. The Morgan fingerprint density at radius 3 is 2.78 bits per heavy atom. The minimum absolute atomic E-state index is 0.190. The molecule has 1 atom stereocenters. The molecule has 41 heavy (non-hydrogen) atoms. The Morgan fingerprint density at radius 2 is 2.02 bits per heavy atom. The molecule has 0 unspecified atom stereocenters. The standard InChI is InChI=1S/C30H39N9O2/c1-21(38(4)27(40)11-9-17-37(2)3)29(41)31-16-8-6-7-10-23-19-32-30(36-28(23)34-24-14-15-24)35-25-13-12-22-20-33-39(5)26(22)18-25/h9,11-13,18-21,24H,6,8,14-17H2,1-5H3,(H,31,41)(H2,32,34,35,36)/b11-9+/t21-/m0/s1. The maximum atomic E-state index is 12.5. The molecule has 0 radical (unpaired) electrons. The van der Waals surface area contributed by atoms with Crippen molar-refractivity contribution in [3.63, 3.8) is 0 Å². The number of carbonyl (C=O) groups is 2. The molecule has 2 aromatic heterocycles. The molecule has 2 amide bonds. The van der Waals surface area contributed by atoms with Crippen LogP contribution in [0.2, 0.25) is 0 Å². The van der Waals surface area contributed by atoms with Crippen LogP contribution in [-0.4, -0.2) is 87.7 Å². The molecule has 3 N–H and O–H groups in total. The zero-order valence-corrected chi connectivity index (χ0v) is 24.4. The van der Waals surface area contributed by atoms with E-state index in [-0.39, 0.29) is 11.8 Å². The molecule has 2 heterocycles. The molecule has 0 spiro atoms. The van der Waals surface area contributed by atoms with Crippen molar-refractivity contribution in [1.29, 1.82) is 0 Å². The van der Waals surface area contributed by atoms with Crippen LogP contribution < -0.4 is 16.0 Å². The van der Waals surface area contributed by atoms with E-state index in [1.807, 2.05) is 55.1 Å². The fourth-order valence-electron chi connectivity index (χ4n) is 3.96. The highest BCUT2D eigenvalue weighted by Gasteiger charge is 2.23. The number of amides is 2. The van der Waals surface area contributed by atoms with Crippen LogP contribution in [0.1, 0.15) is 38.2 Å². The van der Waals surface area contributed by atoms with Gasteiger partial charge >= 0.3 is 0 Å². The lowest BCUT2D eigenvalue weighted by Gasteiger charge is -2.23. The van der Waals surface area contributed by atoms with Crippen LogP contribution in [-0.2, 0) is 16.6 Å². The average molecular weight is 558 g/mol. The molecule has 3 aromatic rings. The van der Waals surface area contributed by atoms with Gasteiger partial charge in [-0.2, -0.15) is 10.1 Å². The van der Waals surface area contributed by atoms with Gasteiger partial charge in [-0.3, -0.25) is 14.3 Å². The van der Waals surface area contributed by atoms with E-state index in [0.29, 0.717) is 43.7 Å². The van der Waals surface area contributed by atoms with Gasteiger partial charge in [0, 0.05) is 56.8 Å². The van der Waals surface area contributed by atoms with Gasteiger partial charge in [-0.1, -0.05) is 17.9 Å². The Labute approximate surface area is 241 Å². The van der Waals surface area contributed by atoms with Crippen LogP contribution in [0.15, 0.2) is 42.7 Å². The SMILES string of the molecule is C[C@@H](C(=O)NCCCC#Cc1cnc(Nc2ccc3cnn(C)c3c2)nc1NC1CC1)N(C)C(=O)/C=C/CN(C)C. The predicted octanol–water partition coefficient (Wildman–Crippen LogP) is 2.89. The number of benzene rings is 1. The van der Waals surface area contributed by atoms with Crippen LogP contribution in [0.4, 0.5) is 17.5 Å². The zero-order valence-electron chi connectivity index (χ0n) is 24.4. The number of likely N-dealkylation sites (N-methyl/N-ethyl adjacent to an activating group) is 2. The van der Waals surface area contributed by atoms with E-state index in [2.05, 4.69) is 37.9 Å². The van der Waals surface area contributed by atoms with E-state index < -0.39 is 6.04 Å². The Kier molecular flexibility index (Phi) is 9.92. The third-order valence-corrected chi connectivity index (χ3v) is 6.75. The first kappa shape index (κ1) is 29.6. The summed E-state index contributed by atoms with van der Waals surface area (Å²) in [4.78, 5) is 37.4. The van der Waals surface area contributed by atoms with Crippen LogP contribution in [0, 0.1) is 11.8 Å². The van der Waals surface area contributed by atoms with Gasteiger partial charge in [0.25, 0.3) is 0 Å². The number of rotatable bonds is 12. The van der Waals surface area contributed by atoms with Crippen molar-refractivity contribution in [1.82, 2.24) is 34.9 Å². The summed E-state index contributed by atoms with van der Waals surface area (Å²) in [6, 6.07) is 5.86. The van der Waals surface area contributed by atoms with Crippen LogP contribution in [0.3, 0.4) is 0 Å². The second kappa shape index (κ2) is 13.8. The number of unbranched alkanes of at least 4 members (excludes halogenated alkanes) is 1. The Bertz CT molecular complexity index is 1460. The summed E-state index contributed by atoms with van der Waals surface area (Å²) >= 11 is 0. The minimum atomic E-state index is -0.566. The lowest BCUT2D eigenvalue weighted by Crippen LogP contribution is -2.45. The van der Waals surface area contributed by atoms with Crippen LogP contribution >= 0.6 is 0 Å². The summed E-state index contributed by atoms with van der Waals surface area (Å²) < 4.78 is 1.83. The molecule has 1 aliphatic carbocycles. The summed E-state index contributed by atoms with van der Waals surface area (Å²) in [5.74, 6) is 7.18. The maximum absolute atomic E-state index is 12.5. The first-order chi connectivity index (χ1) is 19.7.